The molecule has 0 aliphatic heterocycles. The van der Waals surface area contributed by atoms with Crippen molar-refractivity contribution in [2.24, 2.45) is 11.7 Å². The lowest BCUT2D eigenvalue weighted by atomic mass is 9.83. The predicted octanol–water partition coefficient (Wildman–Crippen LogP) is 0.970. The van der Waals surface area contributed by atoms with Crippen molar-refractivity contribution >= 4 is 9.84 Å². The van der Waals surface area contributed by atoms with Crippen molar-refractivity contribution in [1.82, 2.24) is 0 Å². The Morgan fingerprint density at radius 1 is 1.26 bits per heavy atom. The Morgan fingerprint density at radius 2 is 2.00 bits per heavy atom. The highest BCUT2D eigenvalue weighted by molar-refractivity contribution is 7.91. The van der Waals surface area contributed by atoms with Gasteiger partial charge in [-0.25, -0.2) is 8.42 Å². The molecule has 3 atom stereocenters. The van der Waals surface area contributed by atoms with Crippen LogP contribution in [-0.4, -0.2) is 52.9 Å². The smallest absolute Gasteiger partial charge is 0.150 e. The van der Waals surface area contributed by atoms with Gasteiger partial charge >= 0.3 is 0 Å². The summed E-state index contributed by atoms with van der Waals surface area (Å²) < 4.78 is 33.5. The van der Waals surface area contributed by atoms with Crippen LogP contribution in [0.3, 0.4) is 0 Å². The van der Waals surface area contributed by atoms with Gasteiger partial charge in [-0.3, -0.25) is 0 Å². The van der Waals surface area contributed by atoms with Crippen LogP contribution in [0, 0.1) is 5.92 Å². The number of sulfone groups is 1. The lowest BCUT2D eigenvalue weighted by Crippen LogP contribution is -2.38. The lowest BCUT2D eigenvalue weighted by Gasteiger charge is -2.32. The average Bonchev–Trinajstić information content (AvgIpc) is 2.37. The summed E-state index contributed by atoms with van der Waals surface area (Å²) in [7, 11) is -1.29. The van der Waals surface area contributed by atoms with Crippen molar-refractivity contribution in [2.45, 2.75) is 43.4 Å². The van der Waals surface area contributed by atoms with Gasteiger partial charge in [-0.05, 0) is 31.6 Å². The van der Waals surface area contributed by atoms with E-state index in [1.54, 1.807) is 7.11 Å². The molecule has 1 rings (SSSR count). The summed E-state index contributed by atoms with van der Waals surface area (Å²) in [5, 5.41) is -0.202. The molecular formula is C13H27NO4S. The zero-order valence-electron chi connectivity index (χ0n) is 12.0. The first-order valence-electron chi connectivity index (χ1n) is 6.96. The first-order valence-corrected chi connectivity index (χ1v) is 8.91. The number of nitrogens with two attached hydrogens (primary N) is 1. The van der Waals surface area contributed by atoms with Gasteiger partial charge in [-0.1, -0.05) is 6.42 Å². The van der Waals surface area contributed by atoms with Crippen LogP contribution in [0.5, 0.6) is 0 Å². The second kappa shape index (κ2) is 8.19. The van der Waals surface area contributed by atoms with E-state index in [0.717, 1.165) is 25.7 Å². The monoisotopic (exact) mass is 293 g/mol. The number of methoxy groups -OCH3 is 1. The van der Waals surface area contributed by atoms with E-state index in [-0.39, 0.29) is 11.3 Å². The van der Waals surface area contributed by atoms with Crippen molar-refractivity contribution in [2.75, 3.05) is 33.2 Å². The Morgan fingerprint density at radius 3 is 2.63 bits per heavy atom. The first-order chi connectivity index (χ1) is 8.95. The summed E-state index contributed by atoms with van der Waals surface area (Å²) in [6.07, 6.45) is 5.60. The van der Waals surface area contributed by atoms with Gasteiger partial charge in [-0.2, -0.15) is 0 Å². The summed E-state index contributed by atoms with van der Waals surface area (Å²) in [4.78, 5) is 0. The van der Waals surface area contributed by atoms with E-state index in [1.807, 2.05) is 0 Å². The van der Waals surface area contributed by atoms with E-state index in [9.17, 15) is 8.42 Å². The van der Waals surface area contributed by atoms with Gasteiger partial charge in [0.05, 0.1) is 18.5 Å². The standard InChI is InChI=1S/C13H27NO4S/c1-17-8-9-18-7-6-13(14)11-4-3-5-12(10-11)19(2,15)16/h11-13H,3-10,14H2,1-2H3. The molecule has 0 spiro atoms. The minimum absolute atomic E-state index is 0.0343. The second-order valence-corrected chi connectivity index (χ2v) is 7.76. The minimum atomic E-state index is -2.93. The minimum Gasteiger partial charge on any atom is -0.382 e. The van der Waals surface area contributed by atoms with Crippen molar-refractivity contribution in [3.8, 4) is 0 Å². The van der Waals surface area contributed by atoms with Gasteiger partial charge in [0.25, 0.3) is 0 Å². The molecule has 0 aromatic heterocycles. The fourth-order valence-electron chi connectivity index (χ4n) is 2.66. The van der Waals surface area contributed by atoms with Crippen LogP contribution in [0.4, 0.5) is 0 Å². The van der Waals surface area contributed by atoms with Gasteiger partial charge in [0.1, 0.15) is 9.84 Å². The predicted molar refractivity (Wildman–Crippen MR) is 75.9 cm³/mol. The third-order valence-corrected chi connectivity index (χ3v) is 5.54. The molecule has 1 aliphatic rings. The van der Waals surface area contributed by atoms with Gasteiger partial charge in [0.2, 0.25) is 0 Å². The highest BCUT2D eigenvalue weighted by Crippen LogP contribution is 2.30. The van der Waals surface area contributed by atoms with Crippen LogP contribution in [0.1, 0.15) is 32.1 Å². The number of rotatable bonds is 8. The number of ether oxygens (including phenoxy) is 2. The number of hydrogen-bond donors (Lipinski definition) is 1. The van der Waals surface area contributed by atoms with Gasteiger partial charge in [0.15, 0.2) is 0 Å². The van der Waals surface area contributed by atoms with E-state index in [0.29, 0.717) is 32.2 Å². The molecule has 3 unspecified atom stereocenters. The first kappa shape index (κ1) is 16.9. The molecule has 1 saturated carbocycles. The topological polar surface area (TPSA) is 78.6 Å². The summed E-state index contributed by atoms with van der Waals surface area (Å²) in [5.74, 6) is 0.305. The molecule has 0 aromatic carbocycles. The quantitative estimate of drug-likeness (QED) is 0.675. The maximum atomic E-state index is 11.6. The number of hydrogen-bond acceptors (Lipinski definition) is 5. The van der Waals surface area contributed by atoms with Crippen molar-refractivity contribution in [1.29, 1.82) is 0 Å². The van der Waals surface area contributed by atoms with Gasteiger partial charge in [-0.15, -0.1) is 0 Å². The Kier molecular flexibility index (Phi) is 7.28. The molecule has 5 nitrogen and oxygen atoms in total. The van der Waals surface area contributed by atoms with E-state index in [1.165, 1.54) is 6.26 Å². The van der Waals surface area contributed by atoms with Gasteiger partial charge < -0.3 is 15.2 Å². The molecular weight excluding hydrogens is 266 g/mol. The molecule has 0 aromatic rings. The van der Waals surface area contributed by atoms with Crippen LogP contribution in [0.25, 0.3) is 0 Å². The SMILES string of the molecule is COCCOCCC(N)C1CCCC(S(C)(=O)=O)C1. The zero-order valence-corrected chi connectivity index (χ0v) is 12.8. The molecule has 0 bridgehead atoms. The fourth-order valence-corrected chi connectivity index (χ4v) is 3.85. The third-order valence-electron chi connectivity index (χ3n) is 3.90. The third kappa shape index (κ3) is 6.21. The fraction of sp³-hybridized carbons (Fsp3) is 1.00. The van der Waals surface area contributed by atoms with Crippen LogP contribution in [0.15, 0.2) is 0 Å². The maximum absolute atomic E-state index is 11.6. The summed E-state index contributed by atoms with van der Waals surface area (Å²) >= 11 is 0. The molecule has 0 amide bonds. The molecule has 114 valence electrons. The Labute approximate surface area is 116 Å². The van der Waals surface area contributed by atoms with Crippen LogP contribution in [-0.2, 0) is 19.3 Å². The Balaban J connectivity index is 2.30. The normalized spacial score (nSPS) is 26.3. The molecule has 19 heavy (non-hydrogen) atoms. The van der Waals surface area contributed by atoms with Crippen molar-refractivity contribution in [3.63, 3.8) is 0 Å². The summed E-state index contributed by atoms with van der Waals surface area (Å²) in [6, 6.07) is 0.0343. The van der Waals surface area contributed by atoms with E-state index >= 15 is 0 Å². The lowest BCUT2D eigenvalue weighted by molar-refractivity contribution is 0.0639. The molecule has 1 aliphatic carbocycles. The van der Waals surface area contributed by atoms with Crippen molar-refractivity contribution in [3.05, 3.63) is 0 Å². The van der Waals surface area contributed by atoms with Crippen LogP contribution < -0.4 is 5.73 Å². The highest BCUT2D eigenvalue weighted by atomic mass is 32.2. The van der Waals surface area contributed by atoms with Crippen LogP contribution >= 0.6 is 0 Å². The summed E-state index contributed by atoms with van der Waals surface area (Å²) in [6.45, 7) is 1.79. The molecule has 0 saturated heterocycles. The zero-order chi connectivity index (χ0) is 14.3. The van der Waals surface area contributed by atoms with E-state index in [2.05, 4.69) is 0 Å². The largest absolute Gasteiger partial charge is 0.382 e. The molecule has 0 radical (unpaired) electrons. The molecule has 6 heteroatoms. The Bertz CT molecular complexity index is 345. The maximum Gasteiger partial charge on any atom is 0.150 e. The Hall–Kier alpha value is -0.170. The molecule has 0 heterocycles. The van der Waals surface area contributed by atoms with Crippen LogP contribution in [0.2, 0.25) is 0 Å². The summed E-state index contributed by atoms with van der Waals surface area (Å²) in [5.41, 5.74) is 6.16. The molecule has 1 fully saturated rings. The van der Waals surface area contributed by atoms with Crippen molar-refractivity contribution < 1.29 is 17.9 Å². The second-order valence-electron chi connectivity index (χ2n) is 5.44. The van der Waals surface area contributed by atoms with Gasteiger partial charge in [0, 0.05) is 26.0 Å². The highest BCUT2D eigenvalue weighted by Gasteiger charge is 2.31. The molecule has 2 N–H and O–H groups in total. The average molecular weight is 293 g/mol. The van der Waals surface area contributed by atoms with E-state index in [4.69, 9.17) is 15.2 Å². The van der Waals surface area contributed by atoms with E-state index < -0.39 is 9.84 Å².